The number of carbonyl (C=O) groups excluding carboxylic acids is 1. The zero-order valence-corrected chi connectivity index (χ0v) is 11.4. The summed E-state index contributed by atoms with van der Waals surface area (Å²) in [5, 5.41) is 1.95. The van der Waals surface area contributed by atoms with Crippen molar-refractivity contribution in [3.8, 4) is 0 Å². The highest BCUT2D eigenvalue weighted by Crippen LogP contribution is 2.25. The molecule has 0 bridgehead atoms. The molecule has 1 aromatic carbocycles. The average Bonchev–Trinajstić information content (AvgIpc) is 2.83. The zero-order chi connectivity index (χ0) is 13.1. The van der Waals surface area contributed by atoms with Gasteiger partial charge in [0.05, 0.1) is 0 Å². The minimum atomic E-state index is -0.252. The minimum Gasteiger partial charge on any atom is -0.323 e. The summed E-state index contributed by atoms with van der Waals surface area (Å²) in [7, 11) is 0. The van der Waals surface area contributed by atoms with Gasteiger partial charge in [0.1, 0.15) is 0 Å². The van der Waals surface area contributed by atoms with Gasteiger partial charge in [-0.2, -0.15) is 0 Å². The van der Waals surface area contributed by atoms with Crippen LogP contribution in [0.4, 0.5) is 0 Å². The van der Waals surface area contributed by atoms with Crippen LogP contribution in [0.3, 0.4) is 0 Å². The molecule has 2 nitrogen and oxygen atoms in total. The molecule has 0 fully saturated rings. The predicted octanol–water partition coefficient (Wildman–Crippen LogP) is 3.58. The lowest BCUT2D eigenvalue weighted by atomic mass is 9.89. The quantitative estimate of drug-likeness (QED) is 0.853. The smallest absolute Gasteiger partial charge is 0.168 e. The van der Waals surface area contributed by atoms with Crippen molar-refractivity contribution < 1.29 is 4.79 Å². The van der Waals surface area contributed by atoms with Crippen LogP contribution in [0.15, 0.2) is 41.8 Å². The second-order valence-corrected chi connectivity index (χ2v) is 5.60. The molecule has 1 aromatic heterocycles. The summed E-state index contributed by atoms with van der Waals surface area (Å²) in [5.41, 5.74) is 7.99. The molecule has 2 rings (SSSR count). The summed E-state index contributed by atoms with van der Waals surface area (Å²) >= 11 is 1.60. The number of Topliss-reactive ketones (excluding diaryl/α,β-unsaturated/α-hetero) is 1. The van der Waals surface area contributed by atoms with Crippen LogP contribution < -0.4 is 5.73 Å². The molecular formula is C15H17NOS. The van der Waals surface area contributed by atoms with E-state index in [1.807, 2.05) is 55.6 Å². The zero-order valence-electron chi connectivity index (χ0n) is 10.6. The van der Waals surface area contributed by atoms with E-state index in [2.05, 4.69) is 0 Å². The molecule has 0 amide bonds. The van der Waals surface area contributed by atoms with Crippen molar-refractivity contribution in [1.82, 2.24) is 0 Å². The maximum Gasteiger partial charge on any atom is 0.168 e. The molecule has 3 heteroatoms. The minimum absolute atomic E-state index is 0.130. The Hall–Kier alpha value is -1.45. The highest BCUT2D eigenvalue weighted by molar-refractivity contribution is 7.10. The van der Waals surface area contributed by atoms with Gasteiger partial charge in [-0.25, -0.2) is 0 Å². The van der Waals surface area contributed by atoms with Crippen molar-refractivity contribution in [3.63, 3.8) is 0 Å². The number of hydrogen-bond donors (Lipinski definition) is 1. The SMILES string of the molecule is Cc1sccc1C(=O)C(C)C(N)c1ccccc1. The number of nitrogens with two attached hydrogens (primary N) is 1. The lowest BCUT2D eigenvalue weighted by Crippen LogP contribution is -2.26. The molecule has 0 saturated heterocycles. The predicted molar refractivity (Wildman–Crippen MR) is 75.9 cm³/mol. The summed E-state index contributed by atoms with van der Waals surface area (Å²) in [4.78, 5) is 13.4. The van der Waals surface area contributed by atoms with Crippen molar-refractivity contribution in [3.05, 3.63) is 57.8 Å². The van der Waals surface area contributed by atoms with Crippen LogP contribution in [0.1, 0.15) is 33.8 Å². The fraction of sp³-hybridized carbons (Fsp3) is 0.267. The Morgan fingerprint density at radius 2 is 1.89 bits per heavy atom. The van der Waals surface area contributed by atoms with E-state index < -0.39 is 0 Å². The fourth-order valence-electron chi connectivity index (χ4n) is 2.01. The molecule has 0 saturated carbocycles. The molecule has 2 N–H and O–H groups in total. The topological polar surface area (TPSA) is 43.1 Å². The van der Waals surface area contributed by atoms with Gasteiger partial charge in [0.15, 0.2) is 5.78 Å². The summed E-state index contributed by atoms with van der Waals surface area (Å²) in [6, 6.07) is 11.4. The van der Waals surface area contributed by atoms with Crippen molar-refractivity contribution in [2.24, 2.45) is 11.7 Å². The van der Waals surface area contributed by atoms with Gasteiger partial charge in [-0.1, -0.05) is 37.3 Å². The van der Waals surface area contributed by atoms with Gasteiger partial charge in [0.2, 0.25) is 0 Å². The lowest BCUT2D eigenvalue weighted by Gasteiger charge is -2.19. The molecule has 2 atom stereocenters. The molecule has 18 heavy (non-hydrogen) atoms. The van der Waals surface area contributed by atoms with Gasteiger partial charge in [-0.05, 0) is 23.9 Å². The van der Waals surface area contributed by atoms with Gasteiger partial charge in [0, 0.05) is 22.4 Å². The Kier molecular flexibility index (Phi) is 3.94. The summed E-state index contributed by atoms with van der Waals surface area (Å²) < 4.78 is 0. The molecule has 0 spiro atoms. The number of aryl methyl sites for hydroxylation is 1. The van der Waals surface area contributed by atoms with Crippen molar-refractivity contribution in [1.29, 1.82) is 0 Å². The normalized spacial score (nSPS) is 14.2. The maximum absolute atomic E-state index is 12.4. The van der Waals surface area contributed by atoms with E-state index in [4.69, 9.17) is 5.73 Å². The fourth-order valence-corrected chi connectivity index (χ4v) is 2.72. The lowest BCUT2D eigenvalue weighted by molar-refractivity contribution is 0.0912. The maximum atomic E-state index is 12.4. The monoisotopic (exact) mass is 259 g/mol. The molecule has 0 radical (unpaired) electrons. The van der Waals surface area contributed by atoms with E-state index in [1.165, 1.54) is 0 Å². The van der Waals surface area contributed by atoms with Gasteiger partial charge < -0.3 is 5.73 Å². The van der Waals surface area contributed by atoms with Gasteiger partial charge in [-0.15, -0.1) is 11.3 Å². The van der Waals surface area contributed by atoms with Crippen LogP contribution in [-0.2, 0) is 0 Å². The van der Waals surface area contributed by atoms with Crippen molar-refractivity contribution >= 4 is 17.1 Å². The highest BCUT2D eigenvalue weighted by atomic mass is 32.1. The standard InChI is InChI=1S/C15H17NOS/c1-10(14(16)12-6-4-3-5-7-12)15(17)13-8-9-18-11(13)2/h3-10,14H,16H2,1-2H3. The molecule has 1 heterocycles. The van der Waals surface area contributed by atoms with Crippen LogP contribution >= 0.6 is 11.3 Å². The Bertz CT molecular complexity index is 532. The van der Waals surface area contributed by atoms with Crippen LogP contribution in [0.2, 0.25) is 0 Å². The van der Waals surface area contributed by atoms with E-state index in [9.17, 15) is 4.79 Å². The molecule has 0 aliphatic rings. The van der Waals surface area contributed by atoms with Crippen LogP contribution in [0, 0.1) is 12.8 Å². The Labute approximate surface area is 111 Å². The molecule has 94 valence electrons. The van der Waals surface area contributed by atoms with Gasteiger partial charge in [-0.3, -0.25) is 4.79 Å². The molecule has 2 unspecified atom stereocenters. The van der Waals surface area contributed by atoms with E-state index in [-0.39, 0.29) is 17.7 Å². The van der Waals surface area contributed by atoms with Crippen molar-refractivity contribution in [2.45, 2.75) is 19.9 Å². The first-order chi connectivity index (χ1) is 8.61. The van der Waals surface area contributed by atoms with E-state index >= 15 is 0 Å². The third-order valence-electron chi connectivity index (χ3n) is 3.26. The van der Waals surface area contributed by atoms with Crippen molar-refractivity contribution in [2.75, 3.05) is 0 Å². The molecule has 0 aliphatic carbocycles. The molecule has 2 aromatic rings. The number of ketones is 1. The second kappa shape index (κ2) is 5.46. The van der Waals surface area contributed by atoms with Gasteiger partial charge >= 0.3 is 0 Å². The van der Waals surface area contributed by atoms with Crippen LogP contribution in [0.5, 0.6) is 0 Å². The number of rotatable bonds is 4. The Morgan fingerprint density at radius 1 is 1.22 bits per heavy atom. The van der Waals surface area contributed by atoms with E-state index in [0.717, 1.165) is 16.0 Å². The molecule has 0 aliphatic heterocycles. The Morgan fingerprint density at radius 3 is 2.44 bits per heavy atom. The number of carbonyl (C=O) groups is 1. The van der Waals surface area contributed by atoms with Crippen LogP contribution in [-0.4, -0.2) is 5.78 Å². The number of hydrogen-bond acceptors (Lipinski definition) is 3. The van der Waals surface area contributed by atoms with E-state index in [0.29, 0.717) is 0 Å². The summed E-state index contributed by atoms with van der Waals surface area (Å²) in [6.45, 7) is 3.87. The number of benzene rings is 1. The highest BCUT2D eigenvalue weighted by Gasteiger charge is 2.24. The Balaban J connectivity index is 2.20. The average molecular weight is 259 g/mol. The second-order valence-electron chi connectivity index (χ2n) is 4.48. The summed E-state index contributed by atoms with van der Waals surface area (Å²) in [5.74, 6) is -0.0780. The largest absolute Gasteiger partial charge is 0.323 e. The molecular weight excluding hydrogens is 242 g/mol. The van der Waals surface area contributed by atoms with Gasteiger partial charge in [0.25, 0.3) is 0 Å². The van der Waals surface area contributed by atoms with Crippen LogP contribution in [0.25, 0.3) is 0 Å². The third kappa shape index (κ3) is 2.52. The van der Waals surface area contributed by atoms with E-state index in [1.54, 1.807) is 11.3 Å². The number of thiophene rings is 1. The first-order valence-corrected chi connectivity index (χ1v) is 6.88. The third-order valence-corrected chi connectivity index (χ3v) is 4.11. The summed E-state index contributed by atoms with van der Waals surface area (Å²) in [6.07, 6.45) is 0. The first kappa shape index (κ1) is 13.0. The first-order valence-electron chi connectivity index (χ1n) is 6.00.